The third kappa shape index (κ3) is 1.65. The minimum absolute atomic E-state index is 0.701. The largest absolute Gasteiger partial charge is 0.384 e. The van der Waals surface area contributed by atoms with E-state index in [-0.39, 0.29) is 0 Å². The lowest BCUT2D eigenvalue weighted by molar-refractivity contribution is 0.743. The van der Waals surface area contributed by atoms with Crippen molar-refractivity contribution in [2.75, 3.05) is 24.2 Å². The van der Waals surface area contributed by atoms with Crippen LogP contribution in [0.15, 0.2) is 24.3 Å². The molecule has 18 heavy (non-hydrogen) atoms. The summed E-state index contributed by atoms with van der Waals surface area (Å²) in [6.07, 6.45) is 2.31. The molecule has 0 spiro atoms. The second-order valence-corrected chi connectivity index (χ2v) is 4.91. The van der Waals surface area contributed by atoms with Crippen molar-refractivity contribution in [1.82, 2.24) is 9.78 Å². The Bertz CT molecular complexity index is 566. The molecule has 4 nitrogen and oxygen atoms in total. The summed E-state index contributed by atoms with van der Waals surface area (Å²) in [4.78, 5) is 2.31. The topological polar surface area (TPSA) is 47.1 Å². The Balaban J connectivity index is 2.15. The van der Waals surface area contributed by atoms with Gasteiger partial charge in [-0.2, -0.15) is 5.10 Å². The van der Waals surface area contributed by atoms with Gasteiger partial charge in [0.2, 0.25) is 0 Å². The van der Waals surface area contributed by atoms with E-state index in [4.69, 9.17) is 5.73 Å². The summed E-state index contributed by atoms with van der Waals surface area (Å²) in [7, 11) is 4.02. The summed E-state index contributed by atoms with van der Waals surface area (Å²) < 4.78 is 1.72. The molecule has 3 rings (SSSR count). The summed E-state index contributed by atoms with van der Waals surface area (Å²) in [5, 5.41) is 4.49. The van der Waals surface area contributed by atoms with Gasteiger partial charge in [0.15, 0.2) is 0 Å². The zero-order valence-corrected chi connectivity index (χ0v) is 10.8. The molecular weight excluding hydrogens is 224 g/mol. The molecule has 2 heterocycles. The standard InChI is InChI=1S/C14H18N4/c1-17-8-4-6-11-10(5-3-7-13(11)17)12-9-14(15)18(2)16-12/h3,5,7,9H,4,6,8,15H2,1-2H3. The zero-order valence-electron chi connectivity index (χ0n) is 10.8. The SMILES string of the molecule is CN1CCCc2c(-c3cc(N)n(C)n3)cccc21. The second-order valence-electron chi connectivity index (χ2n) is 4.91. The van der Waals surface area contributed by atoms with Crippen molar-refractivity contribution < 1.29 is 0 Å². The fourth-order valence-electron chi connectivity index (χ4n) is 2.66. The van der Waals surface area contributed by atoms with Crippen molar-refractivity contribution in [2.45, 2.75) is 12.8 Å². The number of nitrogens with two attached hydrogens (primary N) is 1. The van der Waals surface area contributed by atoms with Gasteiger partial charge >= 0.3 is 0 Å². The minimum atomic E-state index is 0.701. The van der Waals surface area contributed by atoms with Gasteiger partial charge in [0, 0.05) is 38.0 Å². The molecule has 0 atom stereocenters. The Morgan fingerprint density at radius 2 is 2.11 bits per heavy atom. The van der Waals surface area contributed by atoms with Crippen LogP contribution in [0, 0.1) is 0 Å². The Morgan fingerprint density at radius 1 is 1.28 bits per heavy atom. The minimum Gasteiger partial charge on any atom is -0.384 e. The molecule has 0 saturated heterocycles. The van der Waals surface area contributed by atoms with Crippen LogP contribution in [0.2, 0.25) is 0 Å². The van der Waals surface area contributed by atoms with Gasteiger partial charge < -0.3 is 10.6 Å². The fourth-order valence-corrected chi connectivity index (χ4v) is 2.66. The third-order valence-corrected chi connectivity index (χ3v) is 3.67. The third-order valence-electron chi connectivity index (χ3n) is 3.67. The molecule has 2 aromatic rings. The Labute approximate surface area is 107 Å². The number of nitrogen functional groups attached to an aromatic ring is 1. The molecule has 1 aliphatic heterocycles. The number of hydrogen-bond donors (Lipinski definition) is 1. The van der Waals surface area contributed by atoms with Gasteiger partial charge in [-0.25, -0.2) is 0 Å². The van der Waals surface area contributed by atoms with E-state index >= 15 is 0 Å². The highest BCUT2D eigenvalue weighted by Crippen LogP contribution is 2.34. The highest BCUT2D eigenvalue weighted by Gasteiger charge is 2.18. The van der Waals surface area contributed by atoms with Crippen LogP contribution in [0.4, 0.5) is 11.5 Å². The van der Waals surface area contributed by atoms with Crippen molar-refractivity contribution in [1.29, 1.82) is 0 Å². The Morgan fingerprint density at radius 3 is 2.83 bits per heavy atom. The van der Waals surface area contributed by atoms with E-state index < -0.39 is 0 Å². The summed E-state index contributed by atoms with van der Waals surface area (Å²) in [5.41, 5.74) is 10.8. The first-order chi connectivity index (χ1) is 8.66. The summed E-state index contributed by atoms with van der Waals surface area (Å²) in [6.45, 7) is 1.13. The van der Waals surface area contributed by atoms with Crippen LogP contribution < -0.4 is 10.6 Å². The van der Waals surface area contributed by atoms with E-state index in [9.17, 15) is 0 Å². The molecule has 0 bridgehead atoms. The molecule has 0 amide bonds. The van der Waals surface area contributed by atoms with Gasteiger partial charge in [-0.15, -0.1) is 0 Å². The Hall–Kier alpha value is -1.97. The maximum atomic E-state index is 5.87. The van der Waals surface area contributed by atoms with Gasteiger partial charge in [0.05, 0.1) is 5.69 Å². The molecule has 1 aromatic heterocycles. The van der Waals surface area contributed by atoms with Crippen molar-refractivity contribution in [2.24, 2.45) is 7.05 Å². The van der Waals surface area contributed by atoms with Crippen molar-refractivity contribution >= 4 is 11.5 Å². The smallest absolute Gasteiger partial charge is 0.121 e. The van der Waals surface area contributed by atoms with Crippen molar-refractivity contribution in [3.63, 3.8) is 0 Å². The molecule has 1 aromatic carbocycles. The Kier molecular flexibility index (Phi) is 2.51. The fraction of sp³-hybridized carbons (Fsp3) is 0.357. The number of hydrogen-bond acceptors (Lipinski definition) is 3. The predicted octanol–water partition coefficient (Wildman–Crippen LogP) is 2.05. The number of anilines is 2. The number of rotatable bonds is 1. The van der Waals surface area contributed by atoms with E-state index in [2.05, 4.69) is 35.2 Å². The van der Waals surface area contributed by atoms with Crippen molar-refractivity contribution in [3.8, 4) is 11.3 Å². The normalized spacial score (nSPS) is 14.7. The molecule has 0 fully saturated rings. The number of benzene rings is 1. The lowest BCUT2D eigenvalue weighted by Crippen LogP contribution is -2.24. The summed E-state index contributed by atoms with van der Waals surface area (Å²) in [5.74, 6) is 0.701. The molecule has 0 radical (unpaired) electrons. The number of fused-ring (bicyclic) bond motifs is 1. The molecule has 94 valence electrons. The highest BCUT2D eigenvalue weighted by atomic mass is 15.3. The monoisotopic (exact) mass is 242 g/mol. The molecule has 1 aliphatic rings. The molecule has 0 saturated carbocycles. The zero-order chi connectivity index (χ0) is 12.7. The highest BCUT2D eigenvalue weighted by molar-refractivity contribution is 5.74. The van der Waals surface area contributed by atoms with Crippen LogP contribution in [0.5, 0.6) is 0 Å². The molecular formula is C14H18N4. The van der Waals surface area contributed by atoms with Gasteiger partial charge in [-0.3, -0.25) is 4.68 Å². The first kappa shape index (κ1) is 11.1. The second kappa shape index (κ2) is 4.05. The summed E-state index contributed by atoms with van der Waals surface area (Å²) >= 11 is 0. The lowest BCUT2D eigenvalue weighted by atomic mass is 9.95. The van der Waals surface area contributed by atoms with E-state index in [0.717, 1.165) is 18.7 Å². The number of nitrogens with zero attached hydrogens (tertiary/aromatic N) is 3. The van der Waals surface area contributed by atoms with Crippen LogP contribution in [0.1, 0.15) is 12.0 Å². The quantitative estimate of drug-likeness (QED) is 0.832. The van der Waals surface area contributed by atoms with Gasteiger partial charge in [-0.05, 0) is 24.5 Å². The number of aromatic nitrogens is 2. The molecule has 0 unspecified atom stereocenters. The molecule has 4 heteroatoms. The maximum absolute atomic E-state index is 5.87. The van der Waals surface area contributed by atoms with Crippen LogP contribution in [-0.4, -0.2) is 23.4 Å². The van der Waals surface area contributed by atoms with Crippen molar-refractivity contribution in [3.05, 3.63) is 29.8 Å². The first-order valence-electron chi connectivity index (χ1n) is 6.30. The average Bonchev–Trinajstić information content (AvgIpc) is 2.69. The summed E-state index contributed by atoms with van der Waals surface area (Å²) in [6, 6.07) is 8.37. The maximum Gasteiger partial charge on any atom is 0.121 e. The van der Waals surface area contributed by atoms with E-state index in [0.29, 0.717) is 5.82 Å². The lowest BCUT2D eigenvalue weighted by Gasteiger charge is -2.28. The van der Waals surface area contributed by atoms with Crippen LogP contribution >= 0.6 is 0 Å². The van der Waals surface area contributed by atoms with E-state index in [1.54, 1.807) is 4.68 Å². The van der Waals surface area contributed by atoms with Crippen LogP contribution in [0.25, 0.3) is 11.3 Å². The van der Waals surface area contributed by atoms with E-state index in [1.807, 2.05) is 13.1 Å². The predicted molar refractivity (Wildman–Crippen MR) is 74.6 cm³/mol. The number of aryl methyl sites for hydroxylation is 1. The first-order valence-corrected chi connectivity index (χ1v) is 6.30. The average molecular weight is 242 g/mol. The molecule has 0 aliphatic carbocycles. The van der Waals surface area contributed by atoms with Crippen LogP contribution in [0.3, 0.4) is 0 Å². The van der Waals surface area contributed by atoms with Gasteiger partial charge in [0.25, 0.3) is 0 Å². The van der Waals surface area contributed by atoms with Crippen LogP contribution in [-0.2, 0) is 13.5 Å². The van der Waals surface area contributed by atoms with E-state index in [1.165, 1.54) is 23.2 Å². The van der Waals surface area contributed by atoms with Gasteiger partial charge in [0.1, 0.15) is 5.82 Å². The molecule has 2 N–H and O–H groups in total. The van der Waals surface area contributed by atoms with Gasteiger partial charge in [-0.1, -0.05) is 12.1 Å².